The third-order valence-corrected chi connectivity index (χ3v) is 5.71. The molecule has 6 nitrogen and oxygen atoms in total. The summed E-state index contributed by atoms with van der Waals surface area (Å²) in [5, 5.41) is 0.717. The molecule has 0 spiro atoms. The van der Waals surface area contributed by atoms with Crippen LogP contribution in [-0.2, 0) is 11.3 Å². The molecule has 1 aromatic carbocycles. The number of halogens is 1. The highest BCUT2D eigenvalue weighted by Crippen LogP contribution is 2.35. The zero-order valence-electron chi connectivity index (χ0n) is 15.1. The Hall–Kier alpha value is -2.44. The van der Waals surface area contributed by atoms with Gasteiger partial charge in [0.05, 0.1) is 11.9 Å². The van der Waals surface area contributed by atoms with Crippen LogP contribution in [0.4, 0.5) is 10.5 Å². The van der Waals surface area contributed by atoms with Crippen LogP contribution in [0.1, 0.15) is 18.9 Å². The van der Waals surface area contributed by atoms with Crippen molar-refractivity contribution in [2.45, 2.75) is 25.4 Å². The van der Waals surface area contributed by atoms with Crippen molar-refractivity contribution in [2.24, 2.45) is 0 Å². The fraction of sp³-hybridized carbons (Fsp3) is 0.350. The van der Waals surface area contributed by atoms with Gasteiger partial charge >= 0.3 is 6.03 Å². The minimum Gasteiger partial charge on any atom is -0.308 e. The smallest absolute Gasteiger partial charge is 0.308 e. The Kier molecular flexibility index (Phi) is 4.61. The average molecular weight is 385 g/mol. The van der Waals surface area contributed by atoms with Gasteiger partial charge in [0.15, 0.2) is 0 Å². The number of pyridine rings is 1. The summed E-state index contributed by atoms with van der Waals surface area (Å²) in [5.74, 6) is -0.172. The molecule has 2 fully saturated rings. The Morgan fingerprint density at radius 2 is 1.89 bits per heavy atom. The molecule has 2 aliphatic rings. The standard InChI is InChI=1S/C20H21ClN4O2/c1-20-8-10-23(14-15-4-6-16(21)7-5-15)11-12-24(20)19(27)25(18(20)26)17-3-2-9-22-13-17/h2-7,9,13H,8,10-12,14H2,1H3. The van der Waals surface area contributed by atoms with E-state index in [0.29, 0.717) is 18.7 Å². The molecule has 1 aromatic heterocycles. The Morgan fingerprint density at radius 3 is 2.59 bits per heavy atom. The molecule has 0 saturated carbocycles. The highest BCUT2D eigenvalue weighted by molar-refractivity contribution is 6.30. The third kappa shape index (κ3) is 3.19. The van der Waals surface area contributed by atoms with E-state index < -0.39 is 5.54 Å². The van der Waals surface area contributed by atoms with Gasteiger partial charge in [-0.15, -0.1) is 0 Å². The van der Waals surface area contributed by atoms with Gasteiger partial charge in [0.25, 0.3) is 5.91 Å². The van der Waals surface area contributed by atoms with E-state index in [9.17, 15) is 9.59 Å². The van der Waals surface area contributed by atoms with Crippen molar-refractivity contribution < 1.29 is 9.59 Å². The quantitative estimate of drug-likeness (QED) is 0.763. The molecule has 4 rings (SSSR count). The second-order valence-electron chi connectivity index (χ2n) is 7.21. The molecule has 0 aliphatic carbocycles. The maximum atomic E-state index is 13.1. The molecule has 2 aromatic rings. The predicted molar refractivity (Wildman–Crippen MR) is 104 cm³/mol. The first-order valence-electron chi connectivity index (χ1n) is 9.02. The molecule has 0 radical (unpaired) electrons. The fourth-order valence-corrected chi connectivity index (χ4v) is 3.93. The van der Waals surface area contributed by atoms with Crippen molar-refractivity contribution in [3.63, 3.8) is 0 Å². The van der Waals surface area contributed by atoms with E-state index in [0.717, 1.165) is 24.7 Å². The lowest BCUT2D eigenvalue weighted by molar-refractivity contribution is -0.124. The van der Waals surface area contributed by atoms with Crippen LogP contribution < -0.4 is 4.90 Å². The summed E-state index contributed by atoms with van der Waals surface area (Å²) in [4.78, 5) is 35.4. The number of carbonyl (C=O) groups is 2. The topological polar surface area (TPSA) is 56.8 Å². The summed E-state index contributed by atoms with van der Waals surface area (Å²) in [6, 6.07) is 11.0. The molecule has 2 saturated heterocycles. The van der Waals surface area contributed by atoms with Gasteiger partial charge in [-0.1, -0.05) is 23.7 Å². The van der Waals surface area contributed by atoms with Crippen molar-refractivity contribution in [1.29, 1.82) is 0 Å². The van der Waals surface area contributed by atoms with Crippen molar-refractivity contribution in [3.05, 3.63) is 59.4 Å². The zero-order chi connectivity index (χ0) is 19.0. The first-order valence-corrected chi connectivity index (χ1v) is 9.40. The van der Waals surface area contributed by atoms with Gasteiger partial charge in [0, 0.05) is 37.4 Å². The number of hydrogen-bond acceptors (Lipinski definition) is 4. The van der Waals surface area contributed by atoms with Crippen LogP contribution >= 0.6 is 11.6 Å². The molecule has 0 N–H and O–H groups in total. The first kappa shape index (κ1) is 17.9. The summed E-state index contributed by atoms with van der Waals surface area (Å²) in [5.41, 5.74) is 0.878. The highest BCUT2D eigenvalue weighted by atomic mass is 35.5. The van der Waals surface area contributed by atoms with E-state index in [4.69, 9.17) is 11.6 Å². The monoisotopic (exact) mass is 384 g/mol. The van der Waals surface area contributed by atoms with Crippen LogP contribution in [0, 0.1) is 0 Å². The van der Waals surface area contributed by atoms with Gasteiger partial charge in [0.2, 0.25) is 0 Å². The molecule has 3 amide bonds. The lowest BCUT2D eigenvalue weighted by Gasteiger charge is -2.28. The van der Waals surface area contributed by atoms with Gasteiger partial charge in [-0.2, -0.15) is 0 Å². The number of rotatable bonds is 3. The molecule has 1 unspecified atom stereocenters. The Balaban J connectivity index is 1.52. The van der Waals surface area contributed by atoms with Crippen LogP contribution in [0.15, 0.2) is 48.8 Å². The van der Waals surface area contributed by atoms with E-state index in [2.05, 4.69) is 9.88 Å². The maximum absolute atomic E-state index is 13.1. The van der Waals surface area contributed by atoms with Crippen molar-refractivity contribution in [1.82, 2.24) is 14.8 Å². The number of imide groups is 1. The summed E-state index contributed by atoms with van der Waals surface area (Å²) >= 11 is 5.96. The molecule has 3 heterocycles. The average Bonchev–Trinajstić information content (AvgIpc) is 2.78. The SMILES string of the molecule is CC12CCN(Cc3ccc(Cl)cc3)CCN1C(=O)N(c1cccnc1)C2=O. The van der Waals surface area contributed by atoms with Gasteiger partial charge in [0.1, 0.15) is 5.54 Å². The van der Waals surface area contributed by atoms with Gasteiger partial charge in [-0.25, -0.2) is 9.69 Å². The van der Waals surface area contributed by atoms with Gasteiger partial charge in [-0.05, 0) is 43.2 Å². The molecular formula is C20H21ClN4O2. The molecule has 27 heavy (non-hydrogen) atoms. The fourth-order valence-electron chi connectivity index (χ4n) is 3.81. The van der Waals surface area contributed by atoms with E-state index in [1.54, 1.807) is 29.4 Å². The number of nitrogens with zero attached hydrogens (tertiary/aromatic N) is 4. The zero-order valence-corrected chi connectivity index (χ0v) is 15.9. The molecule has 0 bridgehead atoms. The van der Waals surface area contributed by atoms with E-state index in [1.165, 1.54) is 10.5 Å². The van der Waals surface area contributed by atoms with Crippen LogP contribution in [0.25, 0.3) is 0 Å². The molecule has 1 atom stereocenters. The van der Waals surface area contributed by atoms with Crippen molar-refractivity contribution in [3.8, 4) is 0 Å². The summed E-state index contributed by atoms with van der Waals surface area (Å²) in [6.45, 7) is 4.63. The Bertz CT molecular complexity index is 858. The molecule has 7 heteroatoms. The number of anilines is 1. The Morgan fingerprint density at radius 1 is 1.11 bits per heavy atom. The van der Waals surface area contributed by atoms with Crippen molar-refractivity contribution in [2.75, 3.05) is 24.5 Å². The predicted octanol–water partition coefficient (Wildman–Crippen LogP) is 3.17. The highest BCUT2D eigenvalue weighted by Gasteiger charge is 2.55. The van der Waals surface area contributed by atoms with E-state index in [-0.39, 0.29) is 11.9 Å². The van der Waals surface area contributed by atoms with Crippen LogP contribution in [0.2, 0.25) is 5.02 Å². The minimum atomic E-state index is -0.818. The van der Waals surface area contributed by atoms with Crippen LogP contribution in [-0.4, -0.2) is 51.9 Å². The van der Waals surface area contributed by atoms with E-state index >= 15 is 0 Å². The lowest BCUT2D eigenvalue weighted by atomic mass is 9.96. The second kappa shape index (κ2) is 6.94. The number of carbonyl (C=O) groups excluding carboxylic acids is 2. The summed E-state index contributed by atoms with van der Waals surface area (Å²) in [7, 11) is 0. The van der Waals surface area contributed by atoms with Crippen LogP contribution in [0.3, 0.4) is 0 Å². The summed E-state index contributed by atoms with van der Waals surface area (Å²) in [6.07, 6.45) is 3.78. The number of hydrogen-bond donors (Lipinski definition) is 0. The Labute approximate surface area is 163 Å². The number of urea groups is 1. The van der Waals surface area contributed by atoms with Crippen LogP contribution in [0.5, 0.6) is 0 Å². The molecule has 2 aliphatic heterocycles. The lowest BCUT2D eigenvalue weighted by Crippen LogP contribution is -2.47. The van der Waals surface area contributed by atoms with E-state index in [1.807, 2.05) is 31.2 Å². The largest absolute Gasteiger partial charge is 0.332 e. The number of fused-ring (bicyclic) bond motifs is 1. The number of aromatic nitrogens is 1. The third-order valence-electron chi connectivity index (χ3n) is 5.46. The van der Waals surface area contributed by atoms with Crippen molar-refractivity contribution >= 4 is 29.2 Å². The minimum absolute atomic E-state index is 0.172. The summed E-state index contributed by atoms with van der Waals surface area (Å²) < 4.78 is 0. The number of amides is 3. The normalized spacial score (nSPS) is 23.5. The first-order chi connectivity index (χ1) is 13.0. The number of benzene rings is 1. The van der Waals surface area contributed by atoms with Gasteiger partial charge in [-0.3, -0.25) is 14.7 Å². The molecule has 140 valence electrons. The van der Waals surface area contributed by atoms with Gasteiger partial charge < -0.3 is 4.90 Å². The maximum Gasteiger partial charge on any atom is 0.332 e. The molecular weight excluding hydrogens is 364 g/mol. The second-order valence-corrected chi connectivity index (χ2v) is 7.65.